The highest BCUT2D eigenvalue weighted by molar-refractivity contribution is 8.09. The molecule has 0 radical (unpaired) electrons. The summed E-state index contributed by atoms with van der Waals surface area (Å²) in [6, 6.07) is 0. The molecular weight excluding hydrogens is 1130 g/mol. The molecular formula is C34H47N15O22P4S. The van der Waals surface area contributed by atoms with Crippen molar-refractivity contribution < 1.29 is 99.0 Å². The van der Waals surface area contributed by atoms with E-state index in [9.17, 15) is 58.2 Å². The third-order valence-electron chi connectivity index (χ3n) is 12.3. The Balaban J connectivity index is 0.888. The zero-order chi connectivity index (χ0) is 55.0. The number of hydrogen-bond acceptors (Lipinski definition) is 29. The molecule has 14 N–H and O–H groups in total. The Hall–Kier alpha value is -4.69. The van der Waals surface area contributed by atoms with E-state index in [1.54, 1.807) is 0 Å². The summed E-state index contributed by atoms with van der Waals surface area (Å²) in [5.41, 5.74) is 14.2. The molecule has 0 saturated carbocycles. The quantitative estimate of drug-likeness (QED) is 0.0255. The second-order valence-electron chi connectivity index (χ2n) is 17.1. The predicted molar refractivity (Wildman–Crippen MR) is 252 cm³/mol. The van der Waals surface area contributed by atoms with Crippen LogP contribution in [-0.4, -0.2) is 173 Å². The van der Waals surface area contributed by atoms with Gasteiger partial charge in [-0.2, -0.15) is 13.6 Å². The highest BCUT2D eigenvalue weighted by Crippen LogP contribution is 2.68. The van der Waals surface area contributed by atoms with Crippen LogP contribution in [0, 0.1) is 5.92 Å². The van der Waals surface area contributed by atoms with Gasteiger partial charge in [0.15, 0.2) is 41.4 Å². The number of aromatic amines is 2. The first-order chi connectivity index (χ1) is 35.7. The third-order valence-corrected chi connectivity index (χ3v) is 19.4. The fourth-order valence-corrected chi connectivity index (χ4v) is 15.2. The number of nitrogens with one attached hydrogen (secondary N) is 2. The van der Waals surface area contributed by atoms with E-state index in [4.69, 9.17) is 66.3 Å². The van der Waals surface area contributed by atoms with Crippen molar-refractivity contribution >= 4 is 93.0 Å². The van der Waals surface area contributed by atoms with Gasteiger partial charge in [0.1, 0.15) is 42.4 Å². The van der Waals surface area contributed by atoms with Crippen LogP contribution < -0.4 is 37.8 Å². The van der Waals surface area contributed by atoms with Crippen LogP contribution in [0.25, 0.3) is 33.5 Å². The van der Waals surface area contributed by atoms with E-state index in [2.05, 4.69) is 48.5 Å². The maximum Gasteiger partial charge on any atom is 0.490 e. The summed E-state index contributed by atoms with van der Waals surface area (Å²) >= 11 is 5.51. The van der Waals surface area contributed by atoms with Gasteiger partial charge in [0, 0.05) is 26.6 Å². The number of phosphoric ester groups is 2. The van der Waals surface area contributed by atoms with Gasteiger partial charge in [0.05, 0.1) is 64.0 Å². The van der Waals surface area contributed by atoms with Gasteiger partial charge in [0.2, 0.25) is 17.7 Å². The van der Waals surface area contributed by atoms with Gasteiger partial charge in [-0.3, -0.25) is 42.3 Å². The summed E-state index contributed by atoms with van der Waals surface area (Å²) in [5, 5.41) is 33.3. The number of methoxy groups -OCH3 is 2. The molecule has 3 aliphatic rings. The summed E-state index contributed by atoms with van der Waals surface area (Å²) in [6.45, 7) is -7.92. The number of anilines is 3. The van der Waals surface area contributed by atoms with Gasteiger partial charge < -0.3 is 80.3 Å². The molecule has 6 aromatic heterocycles. The van der Waals surface area contributed by atoms with Crippen LogP contribution in [0.3, 0.4) is 0 Å². The Kier molecular flexibility index (Phi) is 15.6. The van der Waals surface area contributed by atoms with Crippen molar-refractivity contribution in [2.45, 2.75) is 67.1 Å². The van der Waals surface area contributed by atoms with E-state index >= 15 is 0 Å². The number of hydrogen-bond donors (Lipinski definition) is 11. The molecule has 3 aliphatic heterocycles. The van der Waals surface area contributed by atoms with Crippen LogP contribution in [-0.2, 0) is 78.4 Å². The van der Waals surface area contributed by atoms with E-state index in [-0.39, 0.29) is 57.8 Å². The first-order valence-electron chi connectivity index (χ1n) is 21.8. The molecule has 416 valence electrons. The Bertz CT molecular complexity index is 3490. The van der Waals surface area contributed by atoms with Crippen LogP contribution in [0.2, 0.25) is 0 Å². The minimum atomic E-state index is -6.16. The molecule has 76 heavy (non-hydrogen) atoms. The Morgan fingerprint density at radius 2 is 1.36 bits per heavy atom. The molecule has 0 aromatic carbocycles. The normalized spacial score (nSPS) is 30.2. The maximum atomic E-state index is 14.7. The lowest BCUT2D eigenvalue weighted by Crippen LogP contribution is -2.45. The van der Waals surface area contributed by atoms with Gasteiger partial charge in [0.25, 0.3) is 17.1 Å². The third kappa shape index (κ3) is 10.9. The molecule has 0 bridgehead atoms. The number of H-pyrrole nitrogens is 2. The zero-order valence-electron chi connectivity index (χ0n) is 39.2. The number of aliphatic hydroxyl groups is 3. The van der Waals surface area contributed by atoms with Crippen molar-refractivity contribution in [1.82, 2.24) is 53.6 Å². The lowest BCUT2D eigenvalue weighted by atomic mass is 9.99. The Morgan fingerprint density at radius 3 is 2.03 bits per heavy atom. The average Bonchev–Trinajstić information content (AvgIpc) is 4.21. The molecule has 42 heteroatoms. The molecule has 0 spiro atoms. The number of nitrogens with two attached hydrogens (primary N) is 3. The largest absolute Gasteiger partial charge is 0.800 e. The fourth-order valence-electron chi connectivity index (χ4n) is 8.96. The van der Waals surface area contributed by atoms with Gasteiger partial charge in [-0.1, -0.05) is 16.8 Å². The van der Waals surface area contributed by atoms with Crippen LogP contribution >= 0.6 is 30.0 Å². The van der Waals surface area contributed by atoms with Crippen molar-refractivity contribution in [3.8, 4) is 0 Å². The van der Waals surface area contributed by atoms with Crippen LogP contribution in [0.4, 0.5) is 17.7 Å². The molecule has 16 atom stereocenters. The summed E-state index contributed by atoms with van der Waals surface area (Å²) < 4.78 is 97.7. The number of nitrogens with zero attached hydrogens (tertiary/aromatic N) is 10. The number of nitrogen functional groups attached to an aromatic ring is 3. The van der Waals surface area contributed by atoms with Crippen LogP contribution in [0.15, 0.2) is 34.9 Å². The fraction of sp³-hybridized carbons (Fsp3) is 0.559. The molecule has 6 aromatic rings. The van der Waals surface area contributed by atoms with Crippen molar-refractivity contribution in [3.05, 3.63) is 46.0 Å². The van der Waals surface area contributed by atoms with E-state index in [1.165, 1.54) is 40.5 Å². The minimum absolute atomic E-state index is 0.0124. The standard InChI is InChI=1S/C34H47N15O22P4S/c1-46-11-49(27-18(46)29(54)45-34(37)43-27)30-19(50)12(4-62-2)13(67-30)5-65-73(56,57)70-75(60,61)71-74(58,59)66-7-15-23(22(63-3)32(69-15)47-9-40-16-24(35)38-8-39-25(16)47)72(55,76)64-6-14-20(51)21(52)31(68-14)48-10-41-17-26(48)42-33(36)44-28(17)53/h8-15,19-23,30-32,50-52H,4-7H2,1-3H3,(H11-,35,36,37,38,39,42,43,44,45,53,54,55,56,57,58,59,60,61,76)/t12-,13-,14-,15-,19-,20-,21-,22-,23-,30-,31-,32-,72?/m1/s1. The van der Waals surface area contributed by atoms with E-state index in [1.807, 2.05) is 0 Å². The molecule has 3 fully saturated rings. The summed E-state index contributed by atoms with van der Waals surface area (Å²) in [4.78, 5) is 100. The van der Waals surface area contributed by atoms with Gasteiger partial charge in [-0.25, -0.2) is 38.2 Å². The van der Waals surface area contributed by atoms with Gasteiger partial charge in [-0.15, -0.1) is 0 Å². The molecule has 37 nitrogen and oxygen atoms in total. The Morgan fingerprint density at radius 1 is 0.750 bits per heavy atom. The number of fused-ring (bicyclic) bond motifs is 3. The topological polar surface area (TPSA) is 528 Å². The highest BCUT2D eigenvalue weighted by Gasteiger charge is 2.54. The van der Waals surface area contributed by atoms with Crippen molar-refractivity contribution in [2.24, 2.45) is 13.0 Å². The first kappa shape index (κ1) is 56.0. The lowest BCUT2D eigenvalue weighted by Gasteiger charge is -2.39. The molecule has 9 rings (SSSR count). The highest BCUT2D eigenvalue weighted by atomic mass is 32.5. The number of phosphoric acid groups is 3. The predicted octanol–water partition coefficient (Wildman–Crippen LogP) is -4.26. The molecule has 3 saturated heterocycles. The number of rotatable bonds is 20. The lowest BCUT2D eigenvalue weighted by molar-refractivity contribution is -0.745. The van der Waals surface area contributed by atoms with Gasteiger partial charge >= 0.3 is 29.1 Å². The number of aromatic nitrogens is 12. The average molecular weight is 1170 g/mol. The number of ether oxygens (including phenoxy) is 5. The van der Waals surface area contributed by atoms with Crippen molar-refractivity contribution in [1.29, 1.82) is 0 Å². The molecule has 4 unspecified atom stereocenters. The van der Waals surface area contributed by atoms with E-state index in [0.717, 1.165) is 24.3 Å². The second-order valence-corrected chi connectivity index (χ2v) is 25.2. The Labute approximate surface area is 428 Å². The van der Waals surface area contributed by atoms with Crippen molar-refractivity contribution in [3.63, 3.8) is 0 Å². The smallest absolute Gasteiger partial charge is 0.490 e. The van der Waals surface area contributed by atoms with Crippen LogP contribution in [0.5, 0.6) is 0 Å². The molecule has 0 aliphatic carbocycles. The van der Waals surface area contributed by atoms with E-state index in [0.29, 0.717) is 0 Å². The van der Waals surface area contributed by atoms with Crippen molar-refractivity contribution in [2.75, 3.05) is 57.8 Å². The van der Waals surface area contributed by atoms with E-state index < -0.39 is 134 Å². The van der Waals surface area contributed by atoms with Crippen LogP contribution in [0.1, 0.15) is 18.7 Å². The summed E-state index contributed by atoms with van der Waals surface area (Å²) in [7, 11) is -13.9. The summed E-state index contributed by atoms with van der Waals surface area (Å²) in [6.07, 6.45) is -10.4. The number of aliphatic hydroxyl groups excluding tert-OH is 3. The van der Waals surface area contributed by atoms with Gasteiger partial charge in [-0.05, 0) is 0 Å². The first-order valence-corrected chi connectivity index (χ1v) is 29.0. The minimum Gasteiger partial charge on any atom is -0.800 e. The molecule has 0 amide bonds. The number of aryl methyl sites for hydroxylation is 1. The second kappa shape index (κ2) is 21.2. The number of imidazole rings is 3. The SMILES string of the molecule is COC[C@H]1[C@@H](O)[C@H]([n+]2cn(C)c3c(=O)[nH]c(N)nc32)O[C@@H]1COP(=O)(O)OP(=O)(O)OP(=O)(O)OC[C@H]1O[C@@H](n2cnc3c(N)ncnc32)[C@H](OC)[C@@H]1P([O-])(=S)OC[C@H]1O[C@@H](n2cnc3c(=O)[nH]c(N)nc32)[C@H](O)[C@@H]1O. The maximum absolute atomic E-state index is 14.7. The zero-order valence-corrected chi connectivity index (χ0v) is 43.6. The monoisotopic (exact) mass is 1170 g/mol. The summed E-state index contributed by atoms with van der Waals surface area (Å²) in [5.74, 6) is -1.64. The molecule has 9 heterocycles.